The van der Waals surface area contributed by atoms with Crippen molar-refractivity contribution in [3.63, 3.8) is 0 Å². The van der Waals surface area contributed by atoms with Crippen LogP contribution >= 0.6 is 0 Å². The Kier molecular flexibility index (Phi) is 4.82. The van der Waals surface area contributed by atoms with Crippen LogP contribution in [0.25, 0.3) is 0 Å². The first-order valence-electron chi connectivity index (χ1n) is 9.77. The van der Waals surface area contributed by atoms with Crippen LogP contribution in [0.5, 0.6) is 5.88 Å². The molecule has 1 saturated heterocycles. The number of nitrogens with one attached hydrogen (secondary N) is 1. The molecule has 1 aromatic rings. The quantitative estimate of drug-likeness (QED) is 0.749. The maximum atomic E-state index is 11.6. The van der Waals surface area contributed by atoms with E-state index in [2.05, 4.69) is 15.3 Å². The maximum Gasteiger partial charge on any atom is 0.236 e. The average molecular weight is 397 g/mol. The van der Waals surface area contributed by atoms with Crippen molar-refractivity contribution in [1.82, 2.24) is 14.3 Å². The number of ether oxygens (including phenoxy) is 1. The molecule has 27 heavy (non-hydrogen) atoms. The van der Waals surface area contributed by atoms with Crippen LogP contribution in [0.4, 0.5) is 5.95 Å². The van der Waals surface area contributed by atoms with Gasteiger partial charge in [-0.15, -0.1) is 0 Å². The number of nitrogens with zero attached hydrogens (tertiary/aromatic N) is 4. The van der Waals surface area contributed by atoms with Crippen LogP contribution < -0.4 is 10.1 Å². The first kappa shape index (κ1) is 17.2. The van der Waals surface area contributed by atoms with Crippen molar-refractivity contribution in [3.05, 3.63) is 11.8 Å². The summed E-state index contributed by atoms with van der Waals surface area (Å²) in [7, 11) is -3.21. The lowest BCUT2D eigenvalue weighted by Gasteiger charge is -2.30. The van der Waals surface area contributed by atoms with Crippen LogP contribution in [0.1, 0.15) is 47.3 Å². The molecule has 0 aromatic carbocycles. The predicted octanol–water partition coefficient (Wildman–Crippen LogP) is 0.866. The molecule has 0 amide bonds. The van der Waals surface area contributed by atoms with Crippen molar-refractivity contribution >= 4 is 16.0 Å². The van der Waals surface area contributed by atoms with Gasteiger partial charge in [-0.3, -0.25) is 0 Å². The van der Waals surface area contributed by atoms with Gasteiger partial charge in [0.2, 0.25) is 21.9 Å². The van der Waals surface area contributed by atoms with Gasteiger partial charge in [-0.2, -0.15) is 10.2 Å². The zero-order valence-electron chi connectivity index (χ0n) is 17.3. The third-order valence-corrected chi connectivity index (χ3v) is 6.19. The normalized spacial score (nSPS) is 30.2. The third kappa shape index (κ3) is 4.66. The highest BCUT2D eigenvalue weighted by Crippen LogP contribution is 2.33. The van der Waals surface area contributed by atoms with Crippen molar-refractivity contribution in [2.75, 3.05) is 24.7 Å². The van der Waals surface area contributed by atoms with E-state index >= 15 is 0 Å². The highest BCUT2D eigenvalue weighted by atomic mass is 32.2. The van der Waals surface area contributed by atoms with E-state index in [1.54, 1.807) is 0 Å². The molecule has 2 aliphatic rings. The van der Waals surface area contributed by atoms with E-state index in [0.717, 1.165) is 0 Å². The number of piperidine rings is 1. The molecule has 0 bridgehead atoms. The van der Waals surface area contributed by atoms with Crippen LogP contribution in [0.3, 0.4) is 0 Å². The topological polar surface area (TPSA) is 128 Å². The Labute approximate surface area is 162 Å². The number of sulfonamides is 1. The molecule has 0 radical (unpaired) electrons. The Morgan fingerprint density at radius 1 is 1.48 bits per heavy atom. The molecule has 1 aromatic heterocycles. The molecule has 2 N–H and O–H groups in total. The summed E-state index contributed by atoms with van der Waals surface area (Å²) in [6, 6.07) is 1.91. The fourth-order valence-electron chi connectivity index (χ4n) is 3.21. The smallest absolute Gasteiger partial charge is 0.236 e. The van der Waals surface area contributed by atoms with Crippen LogP contribution in [-0.4, -0.2) is 64.9 Å². The molecular formula is C17H25N5O4S. The van der Waals surface area contributed by atoms with Crippen LogP contribution in [0.2, 0.25) is 0 Å². The predicted molar refractivity (Wildman–Crippen MR) is 98.7 cm³/mol. The summed E-state index contributed by atoms with van der Waals surface area (Å²) in [6.07, 6.45) is 1.19. The van der Waals surface area contributed by atoms with Gasteiger partial charge >= 0.3 is 0 Å². The number of hydrogen-bond acceptors (Lipinski definition) is 8. The molecule has 148 valence electrons. The summed E-state index contributed by atoms with van der Waals surface area (Å²) in [5.74, 6) is 0.221. The minimum Gasteiger partial charge on any atom is -0.470 e. The Balaban J connectivity index is 1.71. The molecule has 2 unspecified atom stereocenters. The summed E-state index contributed by atoms with van der Waals surface area (Å²) >= 11 is 0. The number of anilines is 1. The lowest BCUT2D eigenvalue weighted by Crippen LogP contribution is -2.42. The number of nitriles is 1. The number of rotatable bonds is 5. The number of aromatic nitrogens is 2. The Bertz CT molecular complexity index is 911. The zero-order valence-corrected chi connectivity index (χ0v) is 16.2. The Hall–Kier alpha value is -1.96. The number of aliphatic hydroxyl groups is 1. The highest BCUT2D eigenvalue weighted by Gasteiger charge is 2.39. The summed E-state index contributed by atoms with van der Waals surface area (Å²) in [5.41, 5.74) is -1.29. The largest absolute Gasteiger partial charge is 0.470 e. The van der Waals surface area contributed by atoms with E-state index < -0.39 is 28.1 Å². The third-order valence-electron chi connectivity index (χ3n) is 4.89. The van der Waals surface area contributed by atoms with Crippen LogP contribution in [-0.2, 0) is 10.0 Å². The Morgan fingerprint density at radius 3 is 2.74 bits per heavy atom. The summed E-state index contributed by atoms with van der Waals surface area (Å²) in [5, 5.41) is 22.9. The molecule has 2 heterocycles. The monoisotopic (exact) mass is 397 g/mol. The second-order valence-corrected chi connectivity index (χ2v) is 9.18. The van der Waals surface area contributed by atoms with Gasteiger partial charge < -0.3 is 15.2 Å². The molecule has 1 saturated carbocycles. The molecule has 1 aliphatic heterocycles. The Morgan fingerprint density at radius 2 is 2.19 bits per heavy atom. The second kappa shape index (κ2) is 7.58. The first-order valence-corrected chi connectivity index (χ1v) is 10.6. The molecule has 0 spiro atoms. The van der Waals surface area contributed by atoms with Gasteiger partial charge in [0.25, 0.3) is 0 Å². The van der Waals surface area contributed by atoms with Gasteiger partial charge in [-0.05, 0) is 39.0 Å². The summed E-state index contributed by atoms with van der Waals surface area (Å²) < 4.78 is 46.2. The zero-order chi connectivity index (χ0) is 21.4. The van der Waals surface area contributed by atoms with Gasteiger partial charge in [0.1, 0.15) is 17.7 Å². The van der Waals surface area contributed by atoms with Crippen LogP contribution in [0, 0.1) is 11.3 Å². The van der Waals surface area contributed by atoms with Crippen molar-refractivity contribution in [2.24, 2.45) is 0 Å². The van der Waals surface area contributed by atoms with E-state index in [9.17, 15) is 18.8 Å². The van der Waals surface area contributed by atoms with E-state index in [-0.39, 0.29) is 36.3 Å². The maximum absolute atomic E-state index is 11.6. The van der Waals surface area contributed by atoms with E-state index in [0.29, 0.717) is 25.9 Å². The SMILES string of the molecule is [2H]C1([2H])CC(Oc2nc(NC3CCN(S(C)(=O)=O)CC3)ncc2C#N)C(C)(O)C1. The van der Waals surface area contributed by atoms with Crippen molar-refractivity contribution in [1.29, 1.82) is 5.26 Å². The van der Waals surface area contributed by atoms with Crippen molar-refractivity contribution in [3.8, 4) is 11.9 Å². The van der Waals surface area contributed by atoms with E-state index in [1.165, 1.54) is 23.7 Å². The van der Waals surface area contributed by atoms with Gasteiger partial charge in [-0.1, -0.05) is 0 Å². The molecule has 9 nitrogen and oxygen atoms in total. The minimum absolute atomic E-state index is 0.0123. The van der Waals surface area contributed by atoms with Crippen molar-refractivity contribution < 1.29 is 21.0 Å². The summed E-state index contributed by atoms with van der Waals surface area (Å²) in [4.78, 5) is 8.37. The number of hydrogen-bond donors (Lipinski definition) is 2. The fraction of sp³-hybridized carbons (Fsp3) is 0.706. The molecular weight excluding hydrogens is 370 g/mol. The average Bonchev–Trinajstić information content (AvgIpc) is 2.81. The fourth-order valence-corrected chi connectivity index (χ4v) is 4.08. The standard InChI is InChI=1S/C17H25N5O4S/c1-17(23)7-3-4-14(17)26-15-12(10-18)11-19-16(21-15)20-13-5-8-22(9-6-13)27(2,24)25/h11,13-14,23H,3-9H2,1-2H3,(H,19,20,21)/i3D2. The minimum atomic E-state index is -3.21. The summed E-state index contributed by atoms with van der Waals surface area (Å²) in [6.45, 7) is 2.30. The molecule has 10 heteroatoms. The lowest BCUT2D eigenvalue weighted by atomic mass is 10.0. The lowest BCUT2D eigenvalue weighted by molar-refractivity contribution is -0.0271. The first-order chi connectivity index (χ1) is 13.4. The second-order valence-electron chi connectivity index (χ2n) is 7.20. The molecule has 1 aliphatic carbocycles. The molecule has 2 atom stereocenters. The van der Waals surface area contributed by atoms with Gasteiger partial charge in [-0.25, -0.2) is 17.7 Å². The van der Waals surface area contributed by atoms with Gasteiger partial charge in [0, 0.05) is 21.9 Å². The van der Waals surface area contributed by atoms with E-state index in [1.807, 2.05) is 6.07 Å². The van der Waals surface area contributed by atoms with Gasteiger partial charge in [0.05, 0.1) is 18.1 Å². The molecule has 3 rings (SSSR count). The molecule has 2 fully saturated rings. The van der Waals surface area contributed by atoms with Crippen molar-refractivity contribution in [2.45, 2.75) is 56.7 Å². The highest BCUT2D eigenvalue weighted by molar-refractivity contribution is 7.88. The van der Waals surface area contributed by atoms with E-state index in [4.69, 9.17) is 7.48 Å². The van der Waals surface area contributed by atoms with Crippen LogP contribution in [0.15, 0.2) is 6.20 Å². The van der Waals surface area contributed by atoms with Gasteiger partial charge in [0.15, 0.2) is 0 Å².